The second-order valence-corrected chi connectivity index (χ2v) is 3.50. The maximum absolute atomic E-state index is 10.9. The highest BCUT2D eigenvalue weighted by Crippen LogP contribution is 1.94. The zero-order valence-corrected chi connectivity index (χ0v) is 9.15. The molecule has 2 aromatic rings. The van der Waals surface area contributed by atoms with Crippen molar-refractivity contribution in [2.24, 2.45) is 5.10 Å². The molecule has 0 saturated heterocycles. The zero-order valence-electron chi connectivity index (χ0n) is 8.33. The van der Waals surface area contributed by atoms with Crippen molar-refractivity contribution in [3.8, 4) is 0 Å². The number of aromatic nitrogens is 2. The van der Waals surface area contributed by atoms with Gasteiger partial charge in [-0.15, -0.1) is 0 Å². The fraction of sp³-hybridized carbons (Fsp3) is 0. The fourth-order valence-corrected chi connectivity index (χ4v) is 1.38. The van der Waals surface area contributed by atoms with E-state index in [1.165, 1.54) is 16.9 Å². The predicted octanol–water partition coefficient (Wildman–Crippen LogP) is 1.79. The van der Waals surface area contributed by atoms with E-state index in [1.54, 1.807) is 6.21 Å². The Labute approximate surface area is 96.9 Å². The maximum atomic E-state index is 10.9. The molecule has 0 bridgehead atoms. The Morgan fingerprint density at radius 3 is 2.69 bits per heavy atom. The quantitative estimate of drug-likeness (QED) is 0.632. The number of benzene rings is 1. The zero-order chi connectivity index (χ0) is 11.4. The minimum absolute atomic E-state index is 0.226. The molecule has 80 valence electrons. The van der Waals surface area contributed by atoms with E-state index in [2.05, 4.69) is 10.1 Å². The van der Waals surface area contributed by atoms with Gasteiger partial charge >= 0.3 is 0 Å². The second-order valence-electron chi connectivity index (χ2n) is 3.11. The lowest BCUT2D eigenvalue weighted by molar-refractivity contribution is 0.809. The van der Waals surface area contributed by atoms with Crippen molar-refractivity contribution in [3.05, 3.63) is 63.3 Å². The third-order valence-electron chi connectivity index (χ3n) is 1.94. The summed E-state index contributed by atoms with van der Waals surface area (Å²) in [4.78, 5) is 13.4. The first-order valence-corrected chi connectivity index (χ1v) is 5.08. The molecule has 0 fully saturated rings. The SMILES string of the molecule is O=c1ccn(/N=C/c2ccccc2)c(=S)[nH]1. The van der Waals surface area contributed by atoms with Gasteiger partial charge in [-0.3, -0.25) is 9.78 Å². The van der Waals surface area contributed by atoms with Crippen molar-refractivity contribution in [3.63, 3.8) is 0 Å². The number of nitrogens with one attached hydrogen (secondary N) is 1. The minimum atomic E-state index is -0.226. The molecule has 1 aromatic carbocycles. The third-order valence-corrected chi connectivity index (χ3v) is 2.23. The van der Waals surface area contributed by atoms with E-state index >= 15 is 0 Å². The van der Waals surface area contributed by atoms with Gasteiger partial charge in [-0.1, -0.05) is 30.3 Å². The summed E-state index contributed by atoms with van der Waals surface area (Å²) in [6.07, 6.45) is 3.20. The van der Waals surface area contributed by atoms with Crippen molar-refractivity contribution in [2.45, 2.75) is 0 Å². The summed E-state index contributed by atoms with van der Waals surface area (Å²) < 4.78 is 1.71. The van der Waals surface area contributed by atoms with Gasteiger partial charge in [0.1, 0.15) is 0 Å². The predicted molar refractivity (Wildman–Crippen MR) is 65.3 cm³/mol. The Morgan fingerprint density at radius 1 is 1.25 bits per heavy atom. The van der Waals surface area contributed by atoms with Gasteiger partial charge < -0.3 is 0 Å². The van der Waals surface area contributed by atoms with Crippen LogP contribution >= 0.6 is 12.2 Å². The minimum Gasteiger partial charge on any atom is -0.298 e. The van der Waals surface area contributed by atoms with E-state index in [0.29, 0.717) is 0 Å². The highest BCUT2D eigenvalue weighted by atomic mass is 32.1. The molecular weight excluding hydrogens is 222 g/mol. The molecule has 1 heterocycles. The van der Waals surface area contributed by atoms with Crippen molar-refractivity contribution < 1.29 is 0 Å². The molecule has 0 aliphatic rings. The average molecular weight is 231 g/mol. The molecule has 0 saturated carbocycles. The number of H-pyrrole nitrogens is 1. The maximum Gasteiger partial charge on any atom is 0.251 e. The van der Waals surface area contributed by atoms with Gasteiger partial charge in [0.05, 0.1) is 6.21 Å². The third kappa shape index (κ3) is 2.52. The van der Waals surface area contributed by atoms with E-state index in [0.717, 1.165) is 5.56 Å². The molecule has 0 atom stereocenters. The molecule has 0 spiro atoms. The van der Waals surface area contributed by atoms with Crippen LogP contribution in [0.2, 0.25) is 0 Å². The molecule has 0 unspecified atom stereocenters. The van der Waals surface area contributed by atoms with Crippen LogP contribution in [0, 0.1) is 4.77 Å². The lowest BCUT2D eigenvalue weighted by Crippen LogP contribution is -2.08. The molecular formula is C11H9N3OS. The summed E-state index contributed by atoms with van der Waals surface area (Å²) in [7, 11) is 0. The standard InChI is InChI=1S/C11H9N3OS/c15-10-6-7-14(11(16)13-10)12-8-9-4-2-1-3-5-9/h1-8H,(H,13,15,16)/b12-8+. The molecule has 0 aliphatic heterocycles. The highest BCUT2D eigenvalue weighted by Gasteiger charge is 1.89. The first-order chi connectivity index (χ1) is 7.75. The molecule has 5 heteroatoms. The van der Waals surface area contributed by atoms with E-state index in [9.17, 15) is 4.79 Å². The largest absolute Gasteiger partial charge is 0.298 e. The topological polar surface area (TPSA) is 50.1 Å². The van der Waals surface area contributed by atoms with E-state index in [4.69, 9.17) is 12.2 Å². The number of rotatable bonds is 2. The summed E-state index contributed by atoms with van der Waals surface area (Å²) in [6, 6.07) is 11.0. The molecule has 16 heavy (non-hydrogen) atoms. The van der Waals surface area contributed by atoms with Gasteiger partial charge in [0.25, 0.3) is 5.56 Å². The van der Waals surface area contributed by atoms with Gasteiger partial charge in [-0.25, -0.2) is 4.68 Å². The van der Waals surface area contributed by atoms with Gasteiger partial charge in [0, 0.05) is 12.3 Å². The first-order valence-electron chi connectivity index (χ1n) is 4.67. The normalized spacial score (nSPS) is 10.8. The Bertz CT molecular complexity index is 613. The van der Waals surface area contributed by atoms with E-state index in [1.807, 2.05) is 30.3 Å². The van der Waals surface area contributed by atoms with Crippen LogP contribution in [0.1, 0.15) is 5.56 Å². The van der Waals surface area contributed by atoms with Crippen LogP contribution in [0.5, 0.6) is 0 Å². The number of hydrogen-bond acceptors (Lipinski definition) is 3. The number of nitrogens with zero attached hydrogens (tertiary/aromatic N) is 2. The van der Waals surface area contributed by atoms with Crippen molar-refractivity contribution in [1.29, 1.82) is 0 Å². The van der Waals surface area contributed by atoms with Gasteiger partial charge in [0.15, 0.2) is 0 Å². The Hall–Kier alpha value is -2.01. The lowest BCUT2D eigenvalue weighted by atomic mass is 10.2. The Balaban J connectivity index is 2.31. The number of hydrogen-bond donors (Lipinski definition) is 1. The summed E-state index contributed by atoms with van der Waals surface area (Å²) in [6.45, 7) is 0. The number of aromatic amines is 1. The van der Waals surface area contributed by atoms with Gasteiger partial charge in [-0.2, -0.15) is 5.10 Å². The van der Waals surface area contributed by atoms with Gasteiger partial charge in [-0.05, 0) is 17.8 Å². The smallest absolute Gasteiger partial charge is 0.251 e. The monoisotopic (exact) mass is 231 g/mol. The molecule has 2 rings (SSSR count). The van der Waals surface area contributed by atoms with Crippen molar-refractivity contribution >= 4 is 18.4 Å². The van der Waals surface area contributed by atoms with Crippen LogP contribution in [0.15, 0.2) is 52.5 Å². The molecule has 1 aromatic heterocycles. The van der Waals surface area contributed by atoms with Crippen molar-refractivity contribution in [2.75, 3.05) is 0 Å². The fourth-order valence-electron chi connectivity index (χ4n) is 1.17. The highest BCUT2D eigenvalue weighted by molar-refractivity contribution is 7.71. The van der Waals surface area contributed by atoms with Gasteiger partial charge in [0.2, 0.25) is 4.77 Å². The second kappa shape index (κ2) is 4.67. The molecule has 0 amide bonds. The molecule has 4 nitrogen and oxygen atoms in total. The van der Waals surface area contributed by atoms with Crippen LogP contribution in [0.4, 0.5) is 0 Å². The molecule has 0 aliphatic carbocycles. The summed E-state index contributed by atoms with van der Waals surface area (Å²) >= 11 is 4.95. The van der Waals surface area contributed by atoms with Crippen LogP contribution in [0.3, 0.4) is 0 Å². The van der Waals surface area contributed by atoms with Crippen LogP contribution in [0.25, 0.3) is 0 Å². The first kappa shape index (κ1) is 10.5. The molecule has 0 radical (unpaired) electrons. The Kier molecular flexibility index (Phi) is 3.07. The summed E-state index contributed by atoms with van der Waals surface area (Å²) in [5, 5.41) is 4.13. The average Bonchev–Trinajstić information content (AvgIpc) is 2.29. The molecule has 1 N–H and O–H groups in total. The van der Waals surface area contributed by atoms with Crippen LogP contribution < -0.4 is 5.56 Å². The Morgan fingerprint density at radius 2 is 2.00 bits per heavy atom. The van der Waals surface area contributed by atoms with Crippen LogP contribution in [-0.2, 0) is 0 Å². The van der Waals surface area contributed by atoms with E-state index < -0.39 is 0 Å². The lowest BCUT2D eigenvalue weighted by Gasteiger charge is -1.97. The van der Waals surface area contributed by atoms with Crippen molar-refractivity contribution in [1.82, 2.24) is 9.66 Å². The summed E-state index contributed by atoms with van der Waals surface area (Å²) in [5.41, 5.74) is 0.742. The summed E-state index contributed by atoms with van der Waals surface area (Å²) in [5.74, 6) is 0. The van der Waals surface area contributed by atoms with Crippen LogP contribution in [-0.4, -0.2) is 15.9 Å². The van der Waals surface area contributed by atoms with E-state index in [-0.39, 0.29) is 10.3 Å².